The number of rotatable bonds is 11. The van der Waals surface area contributed by atoms with E-state index in [2.05, 4.69) is 10.6 Å². The number of methoxy groups -OCH3 is 1. The van der Waals surface area contributed by atoms with Gasteiger partial charge in [-0.1, -0.05) is 70.5 Å². The van der Waals surface area contributed by atoms with Crippen molar-refractivity contribution < 1.29 is 42.1 Å². The summed E-state index contributed by atoms with van der Waals surface area (Å²) in [4.78, 5) is 47.3. The zero-order valence-corrected chi connectivity index (χ0v) is 30.2. The lowest BCUT2D eigenvalue weighted by atomic mass is 9.85. The molecule has 5 atom stereocenters. The Morgan fingerprint density at radius 3 is 2.38 bits per heavy atom. The van der Waals surface area contributed by atoms with Crippen LogP contribution in [-0.2, 0) is 20.6 Å². The number of anilines is 1. The smallest absolute Gasteiger partial charge is 0.416 e. The number of hydrogen-bond acceptors (Lipinski definition) is 7. The molecule has 13 heteroatoms. The molecule has 1 aliphatic carbocycles. The molecule has 2 amide bonds. The van der Waals surface area contributed by atoms with Gasteiger partial charge < -0.3 is 30.1 Å². The topological polar surface area (TPSA) is 130 Å². The van der Waals surface area contributed by atoms with Crippen molar-refractivity contribution in [2.24, 2.45) is 11.3 Å². The van der Waals surface area contributed by atoms with Crippen LogP contribution in [0.15, 0.2) is 78.9 Å². The highest BCUT2D eigenvalue weighted by atomic mass is 19.4. The summed E-state index contributed by atoms with van der Waals surface area (Å²) >= 11 is 0. The average Bonchev–Trinajstić information content (AvgIpc) is 3.69. The molecule has 2 aliphatic rings. The maximum Gasteiger partial charge on any atom is 0.416 e. The summed E-state index contributed by atoms with van der Waals surface area (Å²) in [5.41, 5.74) is -0.997. The quantitative estimate of drug-likeness (QED) is 0.148. The number of ether oxygens (including phenoxy) is 2. The Bertz CT molecular complexity index is 2020. The highest BCUT2D eigenvalue weighted by molar-refractivity contribution is 5.96. The minimum atomic E-state index is -4.59. The zero-order chi connectivity index (χ0) is 38.3. The molecule has 3 N–H and O–H groups in total. The number of nitrogens with one attached hydrogen (secondary N) is 2. The maximum absolute atomic E-state index is 14.6. The van der Waals surface area contributed by atoms with E-state index in [4.69, 9.17) is 14.5 Å². The summed E-state index contributed by atoms with van der Waals surface area (Å²) in [6, 6.07) is 19.1. The number of alkyl halides is 3. The van der Waals surface area contributed by atoms with Gasteiger partial charge >= 0.3 is 12.1 Å². The van der Waals surface area contributed by atoms with Crippen molar-refractivity contribution in [3.8, 4) is 22.8 Å². The summed E-state index contributed by atoms with van der Waals surface area (Å²) in [5, 5.41) is 16.5. The molecule has 1 saturated carbocycles. The first-order valence-electron chi connectivity index (χ1n) is 17.5. The number of carbonyl (C=O) groups is 3. The number of hydrogen-bond donors (Lipinski definition) is 3. The third-order valence-electron chi connectivity index (χ3n) is 10.1. The van der Waals surface area contributed by atoms with E-state index in [0.29, 0.717) is 34.5 Å². The molecule has 3 aromatic carbocycles. The molecule has 1 aliphatic heterocycles. The molecule has 1 aromatic heterocycles. The fourth-order valence-electron chi connectivity index (χ4n) is 7.07. The Morgan fingerprint density at radius 2 is 1.75 bits per heavy atom. The SMILES string of the molecule is CCC1CC1(NC(=O)C1CC(Oc2cc(-c3ccccc3)nc3cc(OC)ccc23)CN1C(=O)C(Nc1cccc(C(F)(F)F)c1)C(C)(C)C)C(=O)O. The van der Waals surface area contributed by atoms with Gasteiger partial charge in [-0.05, 0) is 48.1 Å². The third-order valence-corrected chi connectivity index (χ3v) is 10.1. The first-order chi connectivity index (χ1) is 25.0. The molecule has 0 bridgehead atoms. The number of benzene rings is 3. The Balaban J connectivity index is 1.36. The second kappa shape index (κ2) is 14.2. The predicted octanol–water partition coefficient (Wildman–Crippen LogP) is 7.17. The molecule has 2 heterocycles. The number of nitrogens with zero attached hydrogens (tertiary/aromatic N) is 2. The lowest BCUT2D eigenvalue weighted by Gasteiger charge is -2.36. The monoisotopic (exact) mass is 732 g/mol. The number of carbonyl (C=O) groups excluding carboxylic acids is 2. The Labute approximate surface area is 305 Å². The first kappa shape index (κ1) is 37.4. The van der Waals surface area contributed by atoms with Crippen LogP contribution in [0.4, 0.5) is 18.9 Å². The van der Waals surface area contributed by atoms with Crippen LogP contribution in [0.1, 0.15) is 52.5 Å². The second-order valence-electron chi connectivity index (χ2n) is 14.8. The Hall–Kier alpha value is -5.33. The number of carboxylic acid groups (broad SMARTS) is 1. The number of amides is 2. The fraction of sp³-hybridized carbons (Fsp3) is 0.400. The van der Waals surface area contributed by atoms with Crippen LogP contribution >= 0.6 is 0 Å². The highest BCUT2D eigenvalue weighted by Crippen LogP contribution is 2.46. The number of aliphatic carboxylic acids is 1. The standard InChI is InChI=1S/C40H43F3N4O6/c1-6-24-21-39(24,37(50)51)46-35(48)32-19-28(22-47(32)36(49)34(38(2,3)4)44-26-14-10-13-25(17-26)40(41,42)43)53-33-20-30(23-11-8-7-9-12-23)45-31-18-27(52-5)15-16-29(31)33/h7-18,20,24,28,32,34,44H,6,19,21-22H2,1-5H3,(H,46,48)(H,50,51). The largest absolute Gasteiger partial charge is 0.497 e. The second-order valence-corrected chi connectivity index (χ2v) is 14.8. The molecular weight excluding hydrogens is 689 g/mol. The molecule has 6 rings (SSSR count). The number of aromatic nitrogens is 1. The lowest BCUT2D eigenvalue weighted by Crippen LogP contribution is -2.56. The Kier molecular flexibility index (Phi) is 10.1. The molecule has 1 saturated heterocycles. The van der Waals surface area contributed by atoms with Crippen molar-refractivity contribution in [2.75, 3.05) is 19.0 Å². The number of carboxylic acids is 1. The van der Waals surface area contributed by atoms with E-state index in [1.807, 2.05) is 43.3 Å². The number of fused-ring (bicyclic) bond motifs is 1. The molecule has 10 nitrogen and oxygen atoms in total. The molecule has 53 heavy (non-hydrogen) atoms. The Morgan fingerprint density at radius 1 is 1.02 bits per heavy atom. The van der Waals surface area contributed by atoms with Gasteiger partial charge in [0, 0.05) is 35.2 Å². The van der Waals surface area contributed by atoms with Crippen LogP contribution in [0, 0.1) is 11.3 Å². The van der Waals surface area contributed by atoms with Crippen LogP contribution in [-0.4, -0.2) is 70.2 Å². The van der Waals surface area contributed by atoms with E-state index < -0.39 is 58.7 Å². The lowest BCUT2D eigenvalue weighted by molar-refractivity contribution is -0.146. The zero-order valence-electron chi connectivity index (χ0n) is 30.2. The van der Waals surface area contributed by atoms with Gasteiger partial charge in [-0.2, -0.15) is 13.2 Å². The summed E-state index contributed by atoms with van der Waals surface area (Å²) < 4.78 is 52.9. The highest BCUT2D eigenvalue weighted by Gasteiger charge is 2.61. The van der Waals surface area contributed by atoms with E-state index in [1.165, 1.54) is 17.0 Å². The fourth-order valence-corrected chi connectivity index (χ4v) is 7.07. The molecule has 0 spiro atoms. The van der Waals surface area contributed by atoms with Gasteiger partial charge in [0.15, 0.2) is 0 Å². The van der Waals surface area contributed by atoms with Gasteiger partial charge in [0.1, 0.15) is 35.2 Å². The predicted molar refractivity (Wildman–Crippen MR) is 193 cm³/mol. The summed E-state index contributed by atoms with van der Waals surface area (Å²) in [7, 11) is 1.56. The van der Waals surface area contributed by atoms with Gasteiger partial charge in [-0.25, -0.2) is 9.78 Å². The summed E-state index contributed by atoms with van der Waals surface area (Å²) in [5.74, 6) is -1.53. The molecule has 4 aromatic rings. The molecule has 5 unspecified atom stereocenters. The van der Waals surface area contributed by atoms with E-state index in [1.54, 1.807) is 46.1 Å². The number of pyridine rings is 1. The summed E-state index contributed by atoms with van der Waals surface area (Å²) in [6.45, 7) is 7.11. The molecular formula is C40H43F3N4O6. The molecule has 280 valence electrons. The van der Waals surface area contributed by atoms with Crippen LogP contribution in [0.3, 0.4) is 0 Å². The first-order valence-corrected chi connectivity index (χ1v) is 17.5. The van der Waals surface area contributed by atoms with Crippen molar-refractivity contribution in [2.45, 2.75) is 76.9 Å². The average molecular weight is 733 g/mol. The third kappa shape index (κ3) is 7.74. The molecule has 0 radical (unpaired) electrons. The van der Waals surface area contributed by atoms with Crippen molar-refractivity contribution in [3.05, 3.63) is 84.4 Å². The van der Waals surface area contributed by atoms with Crippen molar-refractivity contribution in [1.82, 2.24) is 15.2 Å². The van der Waals surface area contributed by atoms with Crippen molar-refractivity contribution >= 4 is 34.4 Å². The van der Waals surface area contributed by atoms with Crippen LogP contribution in [0.25, 0.3) is 22.2 Å². The molecule has 2 fully saturated rings. The van der Waals surface area contributed by atoms with Gasteiger partial charge in [-0.15, -0.1) is 0 Å². The normalized spacial score (nSPS) is 21.9. The van der Waals surface area contributed by atoms with Crippen molar-refractivity contribution in [1.29, 1.82) is 0 Å². The van der Waals surface area contributed by atoms with Gasteiger partial charge in [0.05, 0.1) is 30.4 Å². The van der Waals surface area contributed by atoms with Crippen LogP contribution in [0.5, 0.6) is 11.5 Å². The van der Waals surface area contributed by atoms with Crippen LogP contribution < -0.4 is 20.1 Å². The van der Waals surface area contributed by atoms with Gasteiger partial charge in [0.25, 0.3) is 0 Å². The van der Waals surface area contributed by atoms with E-state index in [9.17, 15) is 32.7 Å². The minimum absolute atomic E-state index is 0.0329. The number of halogens is 3. The minimum Gasteiger partial charge on any atom is -0.497 e. The van der Waals surface area contributed by atoms with Gasteiger partial charge in [-0.3, -0.25) is 9.59 Å². The van der Waals surface area contributed by atoms with E-state index in [0.717, 1.165) is 17.7 Å². The van der Waals surface area contributed by atoms with Crippen LogP contribution in [0.2, 0.25) is 0 Å². The van der Waals surface area contributed by atoms with E-state index in [-0.39, 0.29) is 31.0 Å². The van der Waals surface area contributed by atoms with E-state index >= 15 is 0 Å². The maximum atomic E-state index is 14.6. The van der Waals surface area contributed by atoms with Crippen molar-refractivity contribution in [3.63, 3.8) is 0 Å². The summed E-state index contributed by atoms with van der Waals surface area (Å²) in [6.07, 6.45) is -4.47. The number of likely N-dealkylation sites (tertiary alicyclic amines) is 1. The van der Waals surface area contributed by atoms with Gasteiger partial charge in [0.2, 0.25) is 11.8 Å².